The van der Waals surface area contributed by atoms with Gasteiger partial charge in [0.05, 0.1) is 6.04 Å². The number of hydrogen-bond acceptors (Lipinski definition) is 3. The third kappa shape index (κ3) is 2.53. The predicted molar refractivity (Wildman–Crippen MR) is 78.6 cm³/mol. The molecule has 1 aromatic carbocycles. The molecular formula is C16H16FNOS. The molecule has 0 aliphatic carbocycles. The number of carbonyl (C=O) groups is 1. The summed E-state index contributed by atoms with van der Waals surface area (Å²) >= 11 is 1.79. The van der Waals surface area contributed by atoms with Gasteiger partial charge in [-0.2, -0.15) is 0 Å². The highest BCUT2D eigenvalue weighted by Crippen LogP contribution is 2.25. The lowest BCUT2D eigenvalue weighted by Gasteiger charge is -2.31. The maximum absolute atomic E-state index is 12.9. The Labute approximate surface area is 121 Å². The maximum atomic E-state index is 12.9. The molecule has 0 fully saturated rings. The molecule has 0 amide bonds. The van der Waals surface area contributed by atoms with E-state index in [-0.39, 0.29) is 17.6 Å². The molecule has 0 saturated heterocycles. The highest BCUT2D eigenvalue weighted by Gasteiger charge is 2.26. The summed E-state index contributed by atoms with van der Waals surface area (Å²) in [5.41, 5.74) is 1.91. The average molecular weight is 289 g/mol. The summed E-state index contributed by atoms with van der Waals surface area (Å²) in [6.07, 6.45) is 1.01. The van der Waals surface area contributed by atoms with Gasteiger partial charge in [-0.05, 0) is 54.6 Å². The average Bonchev–Trinajstić information content (AvgIpc) is 2.94. The minimum atomic E-state index is -0.310. The van der Waals surface area contributed by atoms with Crippen LogP contribution in [-0.4, -0.2) is 23.3 Å². The molecule has 20 heavy (non-hydrogen) atoms. The van der Waals surface area contributed by atoms with Crippen molar-refractivity contribution < 1.29 is 9.18 Å². The van der Waals surface area contributed by atoms with E-state index >= 15 is 0 Å². The Bertz CT molecular complexity index is 620. The molecule has 2 nitrogen and oxygen atoms in total. The van der Waals surface area contributed by atoms with Crippen LogP contribution in [0.25, 0.3) is 0 Å². The summed E-state index contributed by atoms with van der Waals surface area (Å²) in [5, 5.41) is 2.11. The highest BCUT2D eigenvalue weighted by atomic mass is 32.1. The number of benzene rings is 1. The normalized spacial score (nSPS) is 16.7. The summed E-state index contributed by atoms with van der Waals surface area (Å²) in [7, 11) is 0. The molecule has 0 N–H and O–H groups in total. The van der Waals surface area contributed by atoms with E-state index in [9.17, 15) is 9.18 Å². The van der Waals surface area contributed by atoms with Crippen molar-refractivity contribution in [3.8, 4) is 0 Å². The van der Waals surface area contributed by atoms with Gasteiger partial charge in [-0.3, -0.25) is 9.69 Å². The van der Waals surface area contributed by atoms with Gasteiger partial charge in [-0.15, -0.1) is 11.3 Å². The summed E-state index contributed by atoms with van der Waals surface area (Å²) in [4.78, 5) is 16.1. The molecule has 0 bridgehead atoms. The van der Waals surface area contributed by atoms with Crippen molar-refractivity contribution in [3.05, 3.63) is 57.5 Å². The van der Waals surface area contributed by atoms with Crippen LogP contribution in [0.3, 0.4) is 0 Å². The maximum Gasteiger partial charge on any atom is 0.179 e. The van der Waals surface area contributed by atoms with Gasteiger partial charge in [0.1, 0.15) is 5.82 Å². The lowest BCUT2D eigenvalue weighted by molar-refractivity contribution is 0.0821. The first-order valence-electron chi connectivity index (χ1n) is 6.74. The van der Waals surface area contributed by atoms with E-state index in [4.69, 9.17) is 0 Å². The van der Waals surface area contributed by atoms with Crippen LogP contribution in [0.1, 0.15) is 27.7 Å². The Morgan fingerprint density at radius 2 is 2.05 bits per heavy atom. The Morgan fingerprint density at radius 1 is 1.30 bits per heavy atom. The van der Waals surface area contributed by atoms with E-state index in [2.05, 4.69) is 16.3 Å². The van der Waals surface area contributed by atoms with Gasteiger partial charge in [-0.25, -0.2) is 4.39 Å². The van der Waals surface area contributed by atoms with Crippen LogP contribution in [0.15, 0.2) is 35.7 Å². The molecule has 3 rings (SSSR count). The molecule has 0 radical (unpaired) electrons. The largest absolute Gasteiger partial charge is 0.292 e. The third-order valence-corrected chi connectivity index (χ3v) is 4.92. The molecule has 4 heteroatoms. The number of Topliss-reactive ketones (excluding diaryl/α,β-unsaturated/α-hetero) is 1. The minimum absolute atomic E-state index is 0.0590. The Morgan fingerprint density at radius 3 is 2.80 bits per heavy atom. The molecule has 1 aromatic heterocycles. The van der Waals surface area contributed by atoms with E-state index in [1.807, 2.05) is 6.92 Å². The van der Waals surface area contributed by atoms with Crippen LogP contribution in [0, 0.1) is 5.82 Å². The smallest absolute Gasteiger partial charge is 0.179 e. The summed E-state index contributed by atoms with van der Waals surface area (Å²) in [6, 6.07) is 7.78. The van der Waals surface area contributed by atoms with Gasteiger partial charge >= 0.3 is 0 Å². The quantitative estimate of drug-likeness (QED) is 0.806. The van der Waals surface area contributed by atoms with Crippen molar-refractivity contribution in [1.82, 2.24) is 4.90 Å². The van der Waals surface area contributed by atoms with E-state index in [1.165, 1.54) is 22.6 Å². The predicted octanol–water partition coefficient (Wildman–Crippen LogP) is 3.52. The number of fused-ring (bicyclic) bond motifs is 1. The van der Waals surface area contributed by atoms with Gasteiger partial charge in [-0.1, -0.05) is 0 Å². The fourth-order valence-corrected chi connectivity index (χ4v) is 3.51. The number of thiophene rings is 1. The molecule has 104 valence electrons. The van der Waals surface area contributed by atoms with Gasteiger partial charge in [0.2, 0.25) is 0 Å². The van der Waals surface area contributed by atoms with Crippen molar-refractivity contribution >= 4 is 17.1 Å². The highest BCUT2D eigenvalue weighted by molar-refractivity contribution is 7.10. The number of carbonyl (C=O) groups excluding carboxylic acids is 1. The van der Waals surface area contributed by atoms with Crippen LogP contribution >= 0.6 is 11.3 Å². The number of halogens is 1. The van der Waals surface area contributed by atoms with Crippen molar-refractivity contribution in [1.29, 1.82) is 0 Å². The topological polar surface area (TPSA) is 20.3 Å². The van der Waals surface area contributed by atoms with Crippen LogP contribution in [0.2, 0.25) is 0 Å². The van der Waals surface area contributed by atoms with Gasteiger partial charge < -0.3 is 0 Å². The lowest BCUT2D eigenvalue weighted by Crippen LogP contribution is -2.41. The fraction of sp³-hybridized carbons (Fsp3) is 0.312. The number of ketones is 1. The lowest BCUT2D eigenvalue weighted by atomic mass is 10.0. The standard InChI is InChI=1S/C16H16FNOS/c1-11(16(19)12-2-4-14(17)5-3-12)18-8-6-15-13(10-18)7-9-20-15/h2-5,7,9,11H,6,8,10H2,1H3. The molecule has 1 aliphatic rings. The molecule has 2 heterocycles. The van der Waals surface area contributed by atoms with Crippen molar-refractivity contribution in [2.45, 2.75) is 25.9 Å². The zero-order valence-electron chi connectivity index (χ0n) is 11.3. The summed E-state index contributed by atoms with van der Waals surface area (Å²) < 4.78 is 12.9. The second-order valence-electron chi connectivity index (χ2n) is 5.14. The zero-order valence-corrected chi connectivity index (χ0v) is 12.1. The third-order valence-electron chi connectivity index (χ3n) is 3.89. The monoisotopic (exact) mass is 289 g/mol. The summed E-state index contributed by atoms with van der Waals surface area (Å²) in [6.45, 7) is 3.66. The van der Waals surface area contributed by atoms with Gasteiger partial charge in [0, 0.05) is 23.5 Å². The summed E-state index contributed by atoms with van der Waals surface area (Å²) in [5.74, 6) is -0.251. The van der Waals surface area contributed by atoms with Crippen LogP contribution < -0.4 is 0 Å². The second kappa shape index (κ2) is 5.46. The molecule has 1 unspecified atom stereocenters. The number of nitrogens with zero attached hydrogens (tertiary/aromatic N) is 1. The second-order valence-corrected chi connectivity index (χ2v) is 6.14. The SMILES string of the molecule is CC(C(=O)c1ccc(F)cc1)N1CCc2sccc2C1. The number of hydrogen-bond donors (Lipinski definition) is 0. The zero-order chi connectivity index (χ0) is 14.1. The van der Waals surface area contributed by atoms with E-state index < -0.39 is 0 Å². The fourth-order valence-electron chi connectivity index (χ4n) is 2.62. The van der Waals surface area contributed by atoms with E-state index in [0.29, 0.717) is 5.56 Å². The minimum Gasteiger partial charge on any atom is -0.292 e. The first kappa shape index (κ1) is 13.5. The van der Waals surface area contributed by atoms with Crippen molar-refractivity contribution in [2.24, 2.45) is 0 Å². The van der Waals surface area contributed by atoms with Crippen LogP contribution in [0.4, 0.5) is 4.39 Å². The first-order valence-corrected chi connectivity index (χ1v) is 7.62. The first-order chi connectivity index (χ1) is 9.65. The molecule has 1 aliphatic heterocycles. The van der Waals surface area contributed by atoms with Gasteiger partial charge in [0.25, 0.3) is 0 Å². The van der Waals surface area contributed by atoms with Crippen molar-refractivity contribution in [3.63, 3.8) is 0 Å². The Hall–Kier alpha value is -1.52. The molecule has 2 aromatic rings. The number of rotatable bonds is 3. The molecular weight excluding hydrogens is 273 g/mol. The molecule has 1 atom stereocenters. The van der Waals surface area contributed by atoms with E-state index in [0.717, 1.165) is 19.5 Å². The van der Waals surface area contributed by atoms with Crippen molar-refractivity contribution in [2.75, 3.05) is 6.54 Å². The van der Waals surface area contributed by atoms with Crippen LogP contribution in [-0.2, 0) is 13.0 Å². The molecule has 0 spiro atoms. The molecule has 0 saturated carbocycles. The Kier molecular flexibility index (Phi) is 3.68. The van der Waals surface area contributed by atoms with Gasteiger partial charge in [0.15, 0.2) is 5.78 Å². The Balaban J connectivity index is 1.74. The van der Waals surface area contributed by atoms with Crippen LogP contribution in [0.5, 0.6) is 0 Å². The van der Waals surface area contributed by atoms with E-state index in [1.54, 1.807) is 23.5 Å².